The van der Waals surface area contributed by atoms with E-state index in [0.29, 0.717) is 51.9 Å². The van der Waals surface area contributed by atoms with Gasteiger partial charge >= 0.3 is 0 Å². The molecule has 1 N–H and O–H groups in total. The molecular weight excluding hydrogens is 459 g/mol. The average molecular weight is 478 g/mol. The summed E-state index contributed by atoms with van der Waals surface area (Å²) < 4.78 is 0. The summed E-state index contributed by atoms with van der Waals surface area (Å²) in [6.07, 6.45) is 4.57. The normalized spacial score (nSPS) is 18.3. The topological polar surface area (TPSA) is 83.9 Å². The second-order valence-corrected chi connectivity index (χ2v) is 8.69. The van der Waals surface area contributed by atoms with E-state index < -0.39 is 0 Å². The summed E-state index contributed by atoms with van der Waals surface area (Å²) in [6.45, 7) is 3.49. The molecule has 2 atom stereocenters. The Morgan fingerprint density at radius 3 is 2.58 bits per heavy atom. The molecule has 0 aliphatic carbocycles. The van der Waals surface area contributed by atoms with Gasteiger partial charge in [0, 0.05) is 31.5 Å². The van der Waals surface area contributed by atoms with E-state index in [-0.39, 0.29) is 17.7 Å². The third kappa shape index (κ3) is 5.06. The van der Waals surface area contributed by atoms with Crippen molar-refractivity contribution in [3.63, 3.8) is 0 Å². The molecule has 1 saturated heterocycles. The minimum absolute atomic E-state index is 0.0643. The number of likely N-dealkylation sites (tertiary alicyclic amines) is 1. The largest absolute Gasteiger partial charge is 0.354 e. The van der Waals surface area contributed by atoms with Crippen LogP contribution >= 0.6 is 34.8 Å². The highest BCUT2D eigenvalue weighted by molar-refractivity contribution is 6.42. The molecule has 1 fully saturated rings. The van der Waals surface area contributed by atoms with Crippen molar-refractivity contribution < 1.29 is 4.79 Å². The summed E-state index contributed by atoms with van der Waals surface area (Å²) in [6, 6.07) is 7.35. The number of halogens is 3. The van der Waals surface area contributed by atoms with Crippen molar-refractivity contribution >= 4 is 46.7 Å². The summed E-state index contributed by atoms with van der Waals surface area (Å²) in [5.41, 5.74) is 2.25. The Morgan fingerprint density at radius 2 is 1.87 bits per heavy atom. The van der Waals surface area contributed by atoms with Gasteiger partial charge in [-0.25, -0.2) is 9.97 Å². The smallest absolute Gasteiger partial charge is 0.255 e. The molecule has 31 heavy (non-hydrogen) atoms. The second-order valence-electron chi connectivity index (χ2n) is 7.44. The van der Waals surface area contributed by atoms with Gasteiger partial charge < -0.3 is 10.2 Å². The molecule has 3 heterocycles. The lowest BCUT2D eigenvalue weighted by Crippen LogP contribution is -2.30. The molecule has 2 aromatic heterocycles. The number of hydrogen-bond donors (Lipinski definition) is 1. The lowest BCUT2D eigenvalue weighted by Gasteiger charge is -2.19. The zero-order valence-electron chi connectivity index (χ0n) is 16.6. The lowest BCUT2D eigenvalue weighted by molar-refractivity contribution is 0.0786. The van der Waals surface area contributed by atoms with Gasteiger partial charge in [-0.3, -0.25) is 4.79 Å². The molecule has 0 radical (unpaired) electrons. The maximum atomic E-state index is 13.1. The van der Waals surface area contributed by atoms with E-state index in [1.165, 1.54) is 18.6 Å². The Bertz CT molecular complexity index is 1090. The van der Waals surface area contributed by atoms with Gasteiger partial charge in [-0.15, -0.1) is 0 Å². The SMILES string of the molecule is Cc1cc(C(=O)N2C[C@H](CNc3ncc(Cl)cn3)[C@@H](c3ccc(Cl)c(Cl)c3)C2)cnn1. The summed E-state index contributed by atoms with van der Waals surface area (Å²) >= 11 is 18.2. The molecule has 0 saturated carbocycles. The number of carbonyl (C=O) groups excluding carboxylic acids is 1. The van der Waals surface area contributed by atoms with Crippen molar-refractivity contribution in [1.82, 2.24) is 25.1 Å². The molecule has 4 rings (SSSR count). The number of aryl methyl sites for hydroxylation is 1. The van der Waals surface area contributed by atoms with Gasteiger partial charge in [0.1, 0.15) is 0 Å². The van der Waals surface area contributed by atoms with Gasteiger partial charge in [0.2, 0.25) is 5.95 Å². The van der Waals surface area contributed by atoms with Gasteiger partial charge in [-0.1, -0.05) is 40.9 Å². The van der Waals surface area contributed by atoms with Crippen molar-refractivity contribution in [2.24, 2.45) is 5.92 Å². The standard InChI is InChI=1S/C21H19Cl3N6O/c1-12-4-14(7-28-29-12)20(31)30-10-15(6-25-21-26-8-16(22)9-27-21)17(11-30)13-2-3-18(23)19(24)5-13/h2-5,7-9,15,17H,6,10-11H2,1H3,(H,25,26,27)/t15-,17+/m0/s1. The van der Waals surface area contributed by atoms with E-state index in [1.54, 1.807) is 12.1 Å². The van der Waals surface area contributed by atoms with Crippen LogP contribution in [-0.4, -0.2) is 50.6 Å². The van der Waals surface area contributed by atoms with E-state index >= 15 is 0 Å². The molecule has 3 aromatic rings. The van der Waals surface area contributed by atoms with Crippen LogP contribution in [0.15, 0.2) is 42.9 Å². The fourth-order valence-corrected chi connectivity index (χ4v) is 4.17. The highest BCUT2D eigenvalue weighted by atomic mass is 35.5. The number of aromatic nitrogens is 4. The van der Waals surface area contributed by atoms with Crippen LogP contribution < -0.4 is 5.32 Å². The molecule has 10 heteroatoms. The Kier molecular flexibility index (Phi) is 6.55. The highest BCUT2D eigenvalue weighted by Gasteiger charge is 2.36. The zero-order chi connectivity index (χ0) is 22.0. The molecule has 1 aliphatic rings. The van der Waals surface area contributed by atoms with E-state index in [9.17, 15) is 4.79 Å². The fourth-order valence-electron chi connectivity index (χ4n) is 3.76. The van der Waals surface area contributed by atoms with Crippen LogP contribution in [0.25, 0.3) is 0 Å². The number of amides is 1. The number of carbonyl (C=O) groups is 1. The Hall–Kier alpha value is -2.48. The summed E-state index contributed by atoms with van der Waals surface area (Å²) in [4.78, 5) is 23.3. The van der Waals surface area contributed by atoms with Crippen LogP contribution in [0.3, 0.4) is 0 Å². The van der Waals surface area contributed by atoms with Crippen LogP contribution in [0.4, 0.5) is 5.95 Å². The number of nitrogens with zero attached hydrogens (tertiary/aromatic N) is 5. The maximum Gasteiger partial charge on any atom is 0.255 e. The minimum atomic E-state index is -0.0756. The first-order valence-electron chi connectivity index (χ1n) is 9.65. The molecule has 1 aliphatic heterocycles. The Morgan fingerprint density at radius 1 is 1.10 bits per heavy atom. The first-order chi connectivity index (χ1) is 14.9. The van der Waals surface area contributed by atoms with Crippen molar-refractivity contribution in [2.45, 2.75) is 12.8 Å². The lowest BCUT2D eigenvalue weighted by atomic mass is 9.89. The van der Waals surface area contributed by atoms with Gasteiger partial charge in [-0.2, -0.15) is 10.2 Å². The molecule has 0 unspecified atom stereocenters. The monoisotopic (exact) mass is 476 g/mol. The van der Waals surface area contributed by atoms with Gasteiger partial charge in [0.25, 0.3) is 5.91 Å². The number of benzene rings is 1. The van der Waals surface area contributed by atoms with Crippen LogP contribution in [0.5, 0.6) is 0 Å². The first kappa shape index (κ1) is 21.7. The maximum absolute atomic E-state index is 13.1. The molecule has 0 spiro atoms. The number of nitrogens with one attached hydrogen (secondary N) is 1. The summed E-state index contributed by atoms with van der Waals surface area (Å²) in [5, 5.41) is 12.5. The van der Waals surface area contributed by atoms with Crippen molar-refractivity contribution in [3.8, 4) is 0 Å². The fraction of sp³-hybridized carbons (Fsp3) is 0.286. The Balaban J connectivity index is 1.56. The van der Waals surface area contributed by atoms with Crippen LogP contribution in [0.2, 0.25) is 15.1 Å². The predicted octanol–water partition coefficient (Wildman–Crippen LogP) is 4.50. The van der Waals surface area contributed by atoms with Crippen molar-refractivity contribution in [1.29, 1.82) is 0 Å². The van der Waals surface area contributed by atoms with E-state index in [4.69, 9.17) is 34.8 Å². The van der Waals surface area contributed by atoms with Crippen LogP contribution in [0.1, 0.15) is 27.5 Å². The first-order valence-corrected chi connectivity index (χ1v) is 10.8. The Labute approximate surface area is 194 Å². The third-order valence-corrected chi connectivity index (χ3v) is 6.20. The average Bonchev–Trinajstić information content (AvgIpc) is 3.19. The second kappa shape index (κ2) is 9.34. The molecule has 1 amide bonds. The third-order valence-electron chi connectivity index (χ3n) is 5.27. The minimum Gasteiger partial charge on any atom is -0.354 e. The molecule has 160 valence electrons. The van der Waals surface area contributed by atoms with E-state index in [1.807, 2.05) is 24.0 Å². The van der Waals surface area contributed by atoms with Crippen molar-refractivity contribution in [3.05, 3.63) is 74.7 Å². The molecule has 7 nitrogen and oxygen atoms in total. The number of rotatable bonds is 5. The van der Waals surface area contributed by atoms with E-state index in [2.05, 4.69) is 25.5 Å². The zero-order valence-corrected chi connectivity index (χ0v) is 18.9. The quantitative estimate of drug-likeness (QED) is 0.582. The summed E-state index contributed by atoms with van der Waals surface area (Å²) in [7, 11) is 0. The van der Waals surface area contributed by atoms with Crippen LogP contribution in [-0.2, 0) is 0 Å². The predicted molar refractivity (Wildman–Crippen MR) is 121 cm³/mol. The highest BCUT2D eigenvalue weighted by Crippen LogP contribution is 2.36. The van der Waals surface area contributed by atoms with Gasteiger partial charge in [0.05, 0.1) is 44.9 Å². The number of anilines is 1. The van der Waals surface area contributed by atoms with E-state index in [0.717, 1.165) is 5.56 Å². The molecular formula is C21H19Cl3N6O. The van der Waals surface area contributed by atoms with Crippen molar-refractivity contribution in [2.75, 3.05) is 25.0 Å². The van der Waals surface area contributed by atoms with Gasteiger partial charge in [-0.05, 0) is 30.7 Å². The van der Waals surface area contributed by atoms with Gasteiger partial charge in [0.15, 0.2) is 0 Å². The van der Waals surface area contributed by atoms with Crippen LogP contribution in [0, 0.1) is 12.8 Å². The summed E-state index contributed by atoms with van der Waals surface area (Å²) in [5.74, 6) is 0.579. The molecule has 0 bridgehead atoms. The molecule has 1 aromatic carbocycles. The number of hydrogen-bond acceptors (Lipinski definition) is 6.